The molecule has 0 bridgehead atoms. The first kappa shape index (κ1) is 18.0. The molecular formula is C22H26N2O3. The van der Waals surface area contributed by atoms with Crippen LogP contribution in [-0.2, 0) is 16.0 Å². The summed E-state index contributed by atoms with van der Waals surface area (Å²) in [5.41, 5.74) is 2.32. The van der Waals surface area contributed by atoms with Crippen LogP contribution in [0.4, 0.5) is 5.69 Å². The average Bonchev–Trinajstić information content (AvgIpc) is 3.06. The van der Waals surface area contributed by atoms with Gasteiger partial charge in [-0.2, -0.15) is 0 Å². The van der Waals surface area contributed by atoms with E-state index in [1.54, 1.807) is 4.90 Å². The number of rotatable bonds is 2. The molecule has 0 N–H and O–H groups in total. The Hall–Kier alpha value is -2.43. The van der Waals surface area contributed by atoms with Gasteiger partial charge in [0.15, 0.2) is 0 Å². The van der Waals surface area contributed by atoms with Gasteiger partial charge in [-0.05, 0) is 62.3 Å². The number of carbonyl (C=O) groups excluding carboxylic acids is 3. The third-order valence-electron chi connectivity index (χ3n) is 6.58. The third-order valence-corrected chi connectivity index (χ3v) is 6.58. The first-order chi connectivity index (χ1) is 13.1. The Morgan fingerprint density at radius 2 is 1.81 bits per heavy atom. The minimum absolute atomic E-state index is 0.0278. The van der Waals surface area contributed by atoms with E-state index in [2.05, 4.69) is 6.58 Å². The van der Waals surface area contributed by atoms with Crippen LogP contribution in [0, 0.1) is 5.41 Å². The van der Waals surface area contributed by atoms with E-state index < -0.39 is 0 Å². The van der Waals surface area contributed by atoms with E-state index in [0.717, 1.165) is 49.8 Å². The molecule has 3 aliphatic rings. The number of hydrogen-bond donors (Lipinski definition) is 0. The molecule has 1 saturated carbocycles. The predicted molar refractivity (Wildman–Crippen MR) is 104 cm³/mol. The molecule has 0 unspecified atom stereocenters. The molecule has 2 fully saturated rings. The smallest absolute Gasteiger partial charge is 0.254 e. The summed E-state index contributed by atoms with van der Waals surface area (Å²) in [6.45, 7) is 5.53. The van der Waals surface area contributed by atoms with Gasteiger partial charge in [-0.25, -0.2) is 0 Å². The lowest BCUT2D eigenvalue weighted by Crippen LogP contribution is -2.45. The van der Waals surface area contributed by atoms with E-state index in [1.165, 1.54) is 6.08 Å². The summed E-state index contributed by atoms with van der Waals surface area (Å²) in [5, 5.41) is 0. The number of ketones is 1. The van der Waals surface area contributed by atoms with Crippen LogP contribution in [0.2, 0.25) is 0 Å². The zero-order valence-corrected chi connectivity index (χ0v) is 15.7. The molecule has 0 radical (unpaired) electrons. The first-order valence-electron chi connectivity index (χ1n) is 9.94. The zero-order chi connectivity index (χ0) is 19.0. The van der Waals surface area contributed by atoms with Crippen LogP contribution in [0.3, 0.4) is 0 Å². The van der Waals surface area contributed by atoms with Crippen LogP contribution in [0.1, 0.15) is 54.4 Å². The van der Waals surface area contributed by atoms with Gasteiger partial charge < -0.3 is 9.80 Å². The summed E-state index contributed by atoms with van der Waals surface area (Å²) in [4.78, 5) is 41.3. The summed E-state index contributed by atoms with van der Waals surface area (Å²) >= 11 is 0. The molecule has 1 aromatic carbocycles. The monoisotopic (exact) mass is 366 g/mol. The van der Waals surface area contributed by atoms with Crippen LogP contribution >= 0.6 is 0 Å². The lowest BCUT2D eigenvalue weighted by molar-refractivity contribution is -0.128. The van der Waals surface area contributed by atoms with Crippen molar-refractivity contribution in [3.05, 3.63) is 42.0 Å². The number of nitrogens with zero attached hydrogens (tertiary/aromatic N) is 2. The fraction of sp³-hybridized carbons (Fsp3) is 0.500. The number of amides is 2. The second-order valence-electron chi connectivity index (χ2n) is 7.95. The Kier molecular flexibility index (Phi) is 4.62. The van der Waals surface area contributed by atoms with Crippen LogP contribution in [0.5, 0.6) is 0 Å². The number of hydrogen-bond acceptors (Lipinski definition) is 3. The van der Waals surface area contributed by atoms with Gasteiger partial charge in [0.25, 0.3) is 5.91 Å². The van der Waals surface area contributed by atoms with Gasteiger partial charge >= 0.3 is 0 Å². The quantitative estimate of drug-likeness (QED) is 0.756. The minimum atomic E-state index is -0.167. The molecule has 0 atom stereocenters. The summed E-state index contributed by atoms with van der Waals surface area (Å²) in [7, 11) is 0. The second kappa shape index (κ2) is 6.95. The number of piperidine rings is 1. The Bertz CT molecular complexity index is 806. The van der Waals surface area contributed by atoms with E-state index >= 15 is 0 Å². The van der Waals surface area contributed by atoms with E-state index in [1.807, 2.05) is 23.1 Å². The Balaban J connectivity index is 1.56. The highest BCUT2D eigenvalue weighted by molar-refractivity contribution is 6.04. The summed E-state index contributed by atoms with van der Waals surface area (Å²) in [6, 6.07) is 5.63. The molecule has 27 heavy (non-hydrogen) atoms. The maximum atomic E-state index is 13.2. The molecule has 5 heteroatoms. The molecule has 4 rings (SSSR count). The zero-order valence-electron chi connectivity index (χ0n) is 15.7. The highest BCUT2D eigenvalue weighted by Crippen LogP contribution is 2.44. The van der Waals surface area contributed by atoms with Crippen molar-refractivity contribution < 1.29 is 14.4 Å². The standard InChI is InChI=1S/C22H26N2O3/c1-2-20(26)24-13-5-7-16-17(6-3-8-18(16)24)21(27)23-14-11-22(12-15-23)10-4-9-19(22)25/h2-3,6,8H,1,4-5,7,9-15H2. The lowest BCUT2D eigenvalue weighted by Gasteiger charge is -2.39. The minimum Gasteiger partial charge on any atom is -0.339 e. The number of fused-ring (bicyclic) bond motifs is 1. The molecule has 2 aliphatic heterocycles. The molecule has 142 valence electrons. The fourth-order valence-electron chi connectivity index (χ4n) is 4.99. The van der Waals surface area contributed by atoms with E-state index in [0.29, 0.717) is 37.4 Å². The van der Waals surface area contributed by atoms with Gasteiger partial charge in [0, 0.05) is 42.7 Å². The predicted octanol–water partition coefficient (Wildman–Crippen LogP) is 3.13. The Labute approximate surface area is 160 Å². The van der Waals surface area contributed by atoms with Crippen molar-refractivity contribution in [2.75, 3.05) is 24.5 Å². The molecule has 2 amide bonds. The largest absolute Gasteiger partial charge is 0.339 e. The molecule has 1 spiro atoms. The molecule has 2 heterocycles. The average molecular weight is 366 g/mol. The van der Waals surface area contributed by atoms with Crippen LogP contribution in [0.15, 0.2) is 30.9 Å². The van der Waals surface area contributed by atoms with E-state index in [4.69, 9.17) is 0 Å². The van der Waals surface area contributed by atoms with Gasteiger partial charge in [-0.3, -0.25) is 14.4 Å². The Morgan fingerprint density at radius 1 is 1.04 bits per heavy atom. The topological polar surface area (TPSA) is 57.7 Å². The molecular weight excluding hydrogens is 340 g/mol. The van der Waals surface area contributed by atoms with Crippen molar-refractivity contribution >= 4 is 23.3 Å². The van der Waals surface area contributed by atoms with Gasteiger partial charge in [0.05, 0.1) is 0 Å². The lowest BCUT2D eigenvalue weighted by atomic mass is 9.76. The van der Waals surface area contributed by atoms with Crippen LogP contribution in [0.25, 0.3) is 0 Å². The number of likely N-dealkylation sites (tertiary alicyclic amines) is 1. The highest BCUT2D eigenvalue weighted by Gasteiger charge is 2.44. The Morgan fingerprint density at radius 3 is 2.48 bits per heavy atom. The molecule has 5 nitrogen and oxygen atoms in total. The van der Waals surface area contributed by atoms with Gasteiger partial charge in [0.1, 0.15) is 5.78 Å². The normalized spacial score (nSPS) is 21.3. The van der Waals surface area contributed by atoms with Crippen molar-refractivity contribution in [1.82, 2.24) is 4.90 Å². The number of carbonyl (C=O) groups is 3. The van der Waals surface area contributed by atoms with Gasteiger partial charge in [-0.15, -0.1) is 0 Å². The van der Waals surface area contributed by atoms with Crippen molar-refractivity contribution in [2.24, 2.45) is 5.41 Å². The third kappa shape index (κ3) is 2.99. The van der Waals surface area contributed by atoms with E-state index in [9.17, 15) is 14.4 Å². The van der Waals surface area contributed by atoms with Crippen LogP contribution < -0.4 is 4.90 Å². The molecule has 1 aromatic rings. The maximum absolute atomic E-state index is 13.2. The van der Waals surface area contributed by atoms with Crippen molar-refractivity contribution in [2.45, 2.75) is 44.9 Å². The summed E-state index contributed by atoms with van der Waals surface area (Å²) < 4.78 is 0. The van der Waals surface area contributed by atoms with E-state index in [-0.39, 0.29) is 17.2 Å². The van der Waals surface area contributed by atoms with Gasteiger partial charge in [0.2, 0.25) is 5.91 Å². The van der Waals surface area contributed by atoms with Gasteiger partial charge in [-0.1, -0.05) is 12.6 Å². The maximum Gasteiger partial charge on any atom is 0.254 e. The van der Waals surface area contributed by atoms with Crippen molar-refractivity contribution in [1.29, 1.82) is 0 Å². The second-order valence-corrected chi connectivity index (χ2v) is 7.95. The van der Waals surface area contributed by atoms with Crippen LogP contribution in [-0.4, -0.2) is 42.1 Å². The number of anilines is 1. The number of benzene rings is 1. The van der Waals surface area contributed by atoms with Crippen molar-refractivity contribution in [3.8, 4) is 0 Å². The SMILES string of the molecule is C=CC(=O)N1CCCc2c(C(=O)N3CCC4(CCCC4=O)CC3)cccc21. The fourth-order valence-corrected chi connectivity index (χ4v) is 4.99. The number of Topliss-reactive ketones (excluding diaryl/α,β-unsaturated/α-hetero) is 1. The molecule has 1 saturated heterocycles. The summed E-state index contributed by atoms with van der Waals surface area (Å²) in [6.07, 6.45) is 7.21. The molecule has 0 aromatic heterocycles. The summed E-state index contributed by atoms with van der Waals surface area (Å²) in [5.74, 6) is 0.297. The highest BCUT2D eigenvalue weighted by atomic mass is 16.2. The van der Waals surface area contributed by atoms with Crippen molar-refractivity contribution in [3.63, 3.8) is 0 Å². The first-order valence-corrected chi connectivity index (χ1v) is 9.94. The molecule has 1 aliphatic carbocycles.